The number of hydrogen-bond acceptors (Lipinski definition) is 5. The SMILES string of the molecule is COCCNS(=O)(=O)c1ccc(C)c(C(=O)N2CCCC(C(C)N)C2)c1. The zero-order valence-electron chi connectivity index (χ0n) is 15.7. The molecule has 1 aliphatic heterocycles. The molecule has 1 aromatic rings. The lowest BCUT2D eigenvalue weighted by molar-refractivity contribution is 0.0660. The summed E-state index contributed by atoms with van der Waals surface area (Å²) < 4.78 is 32.1. The van der Waals surface area contributed by atoms with Gasteiger partial charge in [-0.2, -0.15) is 0 Å². The van der Waals surface area contributed by atoms with E-state index in [-0.39, 0.29) is 35.9 Å². The van der Waals surface area contributed by atoms with Crippen LogP contribution in [0.1, 0.15) is 35.7 Å². The predicted octanol–water partition coefficient (Wildman–Crippen LogP) is 1.12. The molecule has 2 unspecified atom stereocenters. The Hall–Kier alpha value is -1.48. The Kier molecular flexibility index (Phi) is 7.16. The minimum Gasteiger partial charge on any atom is -0.383 e. The van der Waals surface area contributed by atoms with E-state index in [2.05, 4.69) is 4.72 Å². The quantitative estimate of drug-likeness (QED) is 0.687. The van der Waals surface area contributed by atoms with E-state index in [1.54, 1.807) is 11.0 Å². The van der Waals surface area contributed by atoms with E-state index < -0.39 is 10.0 Å². The third-order valence-electron chi connectivity index (χ3n) is 4.84. The number of nitrogens with two attached hydrogens (primary N) is 1. The number of sulfonamides is 1. The molecule has 1 heterocycles. The number of ether oxygens (including phenoxy) is 1. The number of hydrogen-bond donors (Lipinski definition) is 2. The van der Waals surface area contributed by atoms with E-state index in [4.69, 9.17) is 10.5 Å². The van der Waals surface area contributed by atoms with Gasteiger partial charge in [-0.15, -0.1) is 0 Å². The maximum atomic E-state index is 13.0. The van der Waals surface area contributed by atoms with Gasteiger partial charge in [-0.3, -0.25) is 4.79 Å². The minimum atomic E-state index is -3.68. The molecule has 1 amide bonds. The summed E-state index contributed by atoms with van der Waals surface area (Å²) >= 11 is 0. The molecular weight excluding hydrogens is 354 g/mol. The number of carbonyl (C=O) groups excluding carboxylic acids is 1. The monoisotopic (exact) mass is 383 g/mol. The second-order valence-electron chi connectivity index (χ2n) is 6.88. The fourth-order valence-electron chi connectivity index (χ4n) is 3.15. The zero-order valence-corrected chi connectivity index (χ0v) is 16.5. The molecule has 0 aromatic heterocycles. The Morgan fingerprint density at radius 1 is 1.46 bits per heavy atom. The van der Waals surface area contributed by atoms with Crippen molar-refractivity contribution >= 4 is 15.9 Å². The van der Waals surface area contributed by atoms with Crippen LogP contribution in [0.4, 0.5) is 0 Å². The van der Waals surface area contributed by atoms with Crippen LogP contribution in [0.2, 0.25) is 0 Å². The average Bonchev–Trinajstić information content (AvgIpc) is 2.61. The van der Waals surface area contributed by atoms with Crippen molar-refractivity contribution in [3.8, 4) is 0 Å². The van der Waals surface area contributed by atoms with E-state index in [1.165, 1.54) is 19.2 Å². The first-order valence-corrected chi connectivity index (χ1v) is 10.4. The van der Waals surface area contributed by atoms with Crippen molar-refractivity contribution in [1.82, 2.24) is 9.62 Å². The topological polar surface area (TPSA) is 102 Å². The van der Waals surface area contributed by atoms with Crippen molar-refractivity contribution in [3.63, 3.8) is 0 Å². The maximum absolute atomic E-state index is 13.0. The number of aryl methyl sites for hydroxylation is 1. The highest BCUT2D eigenvalue weighted by molar-refractivity contribution is 7.89. The molecule has 0 radical (unpaired) electrons. The van der Waals surface area contributed by atoms with E-state index in [0.717, 1.165) is 18.4 Å². The van der Waals surface area contributed by atoms with Crippen molar-refractivity contribution < 1.29 is 17.9 Å². The second kappa shape index (κ2) is 8.94. The molecule has 7 nitrogen and oxygen atoms in total. The molecule has 0 aliphatic carbocycles. The number of benzene rings is 1. The van der Waals surface area contributed by atoms with Gasteiger partial charge in [-0.05, 0) is 50.3 Å². The van der Waals surface area contributed by atoms with E-state index in [1.807, 2.05) is 13.8 Å². The summed E-state index contributed by atoms with van der Waals surface area (Å²) in [6, 6.07) is 4.68. The lowest BCUT2D eigenvalue weighted by Crippen LogP contribution is -2.45. The zero-order chi connectivity index (χ0) is 19.3. The Morgan fingerprint density at radius 3 is 2.85 bits per heavy atom. The Labute approximate surface area is 155 Å². The van der Waals surface area contributed by atoms with Gasteiger partial charge >= 0.3 is 0 Å². The number of likely N-dealkylation sites (tertiary alicyclic amines) is 1. The lowest BCUT2D eigenvalue weighted by Gasteiger charge is -2.35. The number of carbonyl (C=O) groups is 1. The van der Waals surface area contributed by atoms with Crippen molar-refractivity contribution in [2.24, 2.45) is 11.7 Å². The molecule has 1 fully saturated rings. The van der Waals surface area contributed by atoms with Crippen LogP contribution in [-0.2, 0) is 14.8 Å². The highest BCUT2D eigenvalue weighted by Crippen LogP contribution is 2.23. The molecule has 26 heavy (non-hydrogen) atoms. The summed E-state index contributed by atoms with van der Waals surface area (Å²) in [4.78, 5) is 14.9. The number of amides is 1. The van der Waals surface area contributed by atoms with Crippen LogP contribution in [0.3, 0.4) is 0 Å². The molecule has 0 bridgehead atoms. The van der Waals surface area contributed by atoms with Gasteiger partial charge < -0.3 is 15.4 Å². The molecule has 0 spiro atoms. The van der Waals surface area contributed by atoms with E-state index in [9.17, 15) is 13.2 Å². The molecule has 1 aliphatic rings. The highest BCUT2D eigenvalue weighted by Gasteiger charge is 2.28. The maximum Gasteiger partial charge on any atom is 0.254 e. The molecule has 3 N–H and O–H groups in total. The Morgan fingerprint density at radius 2 is 2.19 bits per heavy atom. The molecule has 2 atom stereocenters. The van der Waals surface area contributed by atoms with Gasteiger partial charge in [0.25, 0.3) is 5.91 Å². The first-order valence-electron chi connectivity index (χ1n) is 8.90. The number of rotatable bonds is 7. The second-order valence-corrected chi connectivity index (χ2v) is 8.65. The standard InChI is InChI=1S/C18H29N3O4S/c1-13-6-7-16(26(23,24)20-8-10-25-3)11-17(13)18(22)21-9-4-5-15(12-21)14(2)19/h6-7,11,14-15,20H,4-5,8-10,12,19H2,1-3H3. The van der Waals surface area contributed by atoms with E-state index in [0.29, 0.717) is 18.7 Å². The van der Waals surface area contributed by atoms with Crippen LogP contribution >= 0.6 is 0 Å². The largest absolute Gasteiger partial charge is 0.383 e. The van der Waals surface area contributed by atoms with Crippen LogP contribution in [-0.4, -0.2) is 58.6 Å². The first kappa shape index (κ1) is 20.8. The van der Waals surface area contributed by atoms with Gasteiger partial charge in [0.05, 0.1) is 11.5 Å². The van der Waals surface area contributed by atoms with Gasteiger partial charge in [-0.25, -0.2) is 13.1 Å². The van der Waals surface area contributed by atoms with Crippen LogP contribution in [0.25, 0.3) is 0 Å². The molecule has 146 valence electrons. The van der Waals surface area contributed by atoms with Gasteiger partial charge in [0.1, 0.15) is 0 Å². The first-order chi connectivity index (χ1) is 12.3. The highest BCUT2D eigenvalue weighted by atomic mass is 32.2. The van der Waals surface area contributed by atoms with Crippen molar-refractivity contribution in [3.05, 3.63) is 29.3 Å². The molecular formula is C18H29N3O4S. The molecule has 1 aromatic carbocycles. The normalized spacial score (nSPS) is 19.4. The third kappa shape index (κ3) is 5.03. The molecule has 0 saturated carbocycles. The number of nitrogens with one attached hydrogen (secondary N) is 1. The third-order valence-corrected chi connectivity index (χ3v) is 6.30. The Balaban J connectivity index is 2.22. The number of nitrogens with zero attached hydrogens (tertiary/aromatic N) is 1. The predicted molar refractivity (Wildman–Crippen MR) is 101 cm³/mol. The minimum absolute atomic E-state index is 0.0309. The van der Waals surface area contributed by atoms with Gasteiger partial charge in [0.15, 0.2) is 0 Å². The summed E-state index contributed by atoms with van der Waals surface area (Å²) in [5.41, 5.74) is 7.18. The van der Waals surface area contributed by atoms with Crippen LogP contribution in [0, 0.1) is 12.8 Å². The van der Waals surface area contributed by atoms with Crippen molar-refractivity contribution in [2.75, 3.05) is 33.4 Å². The summed E-state index contributed by atoms with van der Waals surface area (Å²) in [5.74, 6) is 0.137. The summed E-state index contributed by atoms with van der Waals surface area (Å²) in [5, 5.41) is 0. The van der Waals surface area contributed by atoms with E-state index >= 15 is 0 Å². The van der Waals surface area contributed by atoms with Gasteiger partial charge in [0.2, 0.25) is 10.0 Å². The van der Waals surface area contributed by atoms with Crippen molar-refractivity contribution in [1.29, 1.82) is 0 Å². The molecule has 8 heteroatoms. The number of piperidine rings is 1. The smallest absolute Gasteiger partial charge is 0.254 e. The summed E-state index contributed by atoms with van der Waals surface area (Å²) in [6.07, 6.45) is 1.92. The van der Waals surface area contributed by atoms with Crippen LogP contribution in [0.15, 0.2) is 23.1 Å². The van der Waals surface area contributed by atoms with Crippen LogP contribution in [0.5, 0.6) is 0 Å². The average molecular weight is 384 g/mol. The number of methoxy groups -OCH3 is 1. The fraction of sp³-hybridized carbons (Fsp3) is 0.611. The Bertz CT molecular complexity index is 734. The van der Waals surface area contributed by atoms with Gasteiger partial charge in [0, 0.05) is 38.3 Å². The molecule has 2 rings (SSSR count). The lowest BCUT2D eigenvalue weighted by atomic mass is 9.91. The molecule has 1 saturated heterocycles. The fourth-order valence-corrected chi connectivity index (χ4v) is 4.19. The summed E-state index contributed by atoms with van der Waals surface area (Å²) in [7, 11) is -2.18. The van der Waals surface area contributed by atoms with Gasteiger partial charge in [-0.1, -0.05) is 6.07 Å². The summed E-state index contributed by atoms with van der Waals surface area (Å²) in [6.45, 7) is 5.52. The van der Waals surface area contributed by atoms with Crippen LogP contribution < -0.4 is 10.5 Å². The van der Waals surface area contributed by atoms with Crippen molar-refractivity contribution in [2.45, 2.75) is 37.6 Å².